The van der Waals surface area contributed by atoms with Crippen LogP contribution >= 0.6 is 0 Å². The zero-order valence-corrected chi connectivity index (χ0v) is 6.23. The molecule has 10 heavy (non-hydrogen) atoms. The van der Waals surface area contributed by atoms with E-state index in [1.54, 1.807) is 0 Å². The molecule has 0 bridgehead atoms. The van der Waals surface area contributed by atoms with Crippen LogP contribution in [0.5, 0.6) is 0 Å². The maximum Gasteiger partial charge on any atom is 0.217 e. The van der Waals surface area contributed by atoms with Gasteiger partial charge in [-0.25, -0.2) is 8.42 Å². The van der Waals surface area contributed by atoms with Crippen LogP contribution in [-0.4, -0.2) is 25.8 Å². The fourth-order valence-corrected chi connectivity index (χ4v) is 2.65. The summed E-state index contributed by atoms with van der Waals surface area (Å²) in [5, 5.41) is 0. The molecule has 0 aromatic carbocycles. The van der Waals surface area contributed by atoms with Gasteiger partial charge in [-0.05, 0) is 5.92 Å². The van der Waals surface area contributed by atoms with E-state index in [0.717, 1.165) is 0 Å². The molecule has 2 N–H and O–H groups in total. The second-order valence-corrected chi connectivity index (χ2v) is 4.77. The van der Waals surface area contributed by atoms with Gasteiger partial charge in [-0.1, -0.05) is 0 Å². The van der Waals surface area contributed by atoms with E-state index in [9.17, 15) is 13.2 Å². The lowest BCUT2D eigenvalue weighted by atomic mass is 10.1. The first-order valence-corrected chi connectivity index (χ1v) is 4.80. The van der Waals surface area contributed by atoms with Crippen LogP contribution in [0.15, 0.2) is 0 Å². The normalized spacial score (nSPS) is 23.6. The van der Waals surface area contributed by atoms with E-state index in [2.05, 4.69) is 0 Å². The molecule has 5 heteroatoms. The summed E-state index contributed by atoms with van der Waals surface area (Å²) in [5.74, 6) is -0.159. The van der Waals surface area contributed by atoms with Gasteiger partial charge < -0.3 is 5.73 Å². The van der Waals surface area contributed by atoms with Gasteiger partial charge in [-0.3, -0.25) is 4.79 Å². The van der Waals surface area contributed by atoms with Gasteiger partial charge in [0.25, 0.3) is 0 Å². The number of nitrogens with two attached hydrogens (primary N) is 1. The first-order valence-electron chi connectivity index (χ1n) is 2.98. The van der Waals surface area contributed by atoms with Crippen LogP contribution in [0, 0.1) is 5.92 Å². The zero-order chi connectivity index (χ0) is 7.78. The molecule has 0 unspecified atom stereocenters. The summed E-state index contributed by atoms with van der Waals surface area (Å²) in [7, 11) is -2.78. The molecule has 4 nitrogen and oxygen atoms in total. The van der Waals surface area contributed by atoms with E-state index in [1.165, 1.54) is 0 Å². The molecule has 1 heterocycles. The van der Waals surface area contributed by atoms with Crippen molar-refractivity contribution >= 4 is 15.7 Å². The Kier molecular flexibility index (Phi) is 1.68. The minimum absolute atomic E-state index is 0.0116. The second kappa shape index (κ2) is 2.23. The fraction of sp³-hybridized carbons (Fsp3) is 0.800. The molecule has 0 radical (unpaired) electrons. The van der Waals surface area contributed by atoms with Gasteiger partial charge in [0.05, 0.1) is 11.5 Å². The summed E-state index contributed by atoms with van der Waals surface area (Å²) in [4.78, 5) is 10.2. The van der Waals surface area contributed by atoms with Crippen LogP contribution in [0.1, 0.15) is 6.42 Å². The smallest absolute Gasteiger partial charge is 0.217 e. The molecule has 1 aliphatic rings. The summed E-state index contributed by atoms with van der Waals surface area (Å²) in [6.45, 7) is 0. The highest BCUT2D eigenvalue weighted by Gasteiger charge is 2.33. The van der Waals surface area contributed by atoms with Gasteiger partial charge in [0.2, 0.25) is 5.91 Å². The summed E-state index contributed by atoms with van der Waals surface area (Å²) in [6, 6.07) is 0. The molecule has 1 aliphatic heterocycles. The van der Waals surface area contributed by atoms with Gasteiger partial charge >= 0.3 is 0 Å². The average Bonchev–Trinajstić information content (AvgIpc) is 1.57. The number of hydrogen-bond acceptors (Lipinski definition) is 3. The molecule has 0 atom stereocenters. The third-order valence-corrected chi connectivity index (χ3v) is 3.43. The number of carbonyl (C=O) groups is 1. The molecule has 1 amide bonds. The molecule has 58 valence electrons. The molecular formula is C5H9NO3S. The van der Waals surface area contributed by atoms with Crippen molar-refractivity contribution in [3.05, 3.63) is 0 Å². The largest absolute Gasteiger partial charge is 0.370 e. The van der Waals surface area contributed by atoms with Crippen LogP contribution in [0.4, 0.5) is 0 Å². The molecular weight excluding hydrogens is 154 g/mol. The van der Waals surface area contributed by atoms with E-state index in [0.29, 0.717) is 0 Å². The number of primary amides is 1. The predicted molar refractivity (Wildman–Crippen MR) is 36.0 cm³/mol. The number of rotatable bonds is 2. The quantitative estimate of drug-likeness (QED) is 0.561. The summed E-state index contributed by atoms with van der Waals surface area (Å²) in [6.07, 6.45) is 0.208. The standard InChI is InChI=1S/C5H9NO3S/c6-5(7)1-4-2-10(8,9)3-4/h4H,1-3H2,(H2,6,7). The maximum atomic E-state index is 10.5. The molecule has 0 saturated carbocycles. The highest BCUT2D eigenvalue weighted by molar-refractivity contribution is 7.92. The van der Waals surface area contributed by atoms with Crippen LogP contribution in [0.3, 0.4) is 0 Å². The van der Waals surface area contributed by atoms with Crippen molar-refractivity contribution < 1.29 is 13.2 Å². The Balaban J connectivity index is 2.34. The summed E-state index contributed by atoms with van der Waals surface area (Å²) in [5.41, 5.74) is 4.86. The fourth-order valence-electron chi connectivity index (χ4n) is 1.07. The van der Waals surface area contributed by atoms with Crippen LogP contribution < -0.4 is 5.73 Å². The Morgan fingerprint density at radius 2 is 2.00 bits per heavy atom. The van der Waals surface area contributed by atoms with Crippen molar-refractivity contribution in [2.24, 2.45) is 11.7 Å². The molecule has 1 saturated heterocycles. The van der Waals surface area contributed by atoms with Crippen molar-refractivity contribution in [3.63, 3.8) is 0 Å². The van der Waals surface area contributed by atoms with E-state index in [4.69, 9.17) is 5.73 Å². The lowest BCUT2D eigenvalue weighted by Crippen LogP contribution is -2.38. The van der Waals surface area contributed by atoms with Crippen LogP contribution in [-0.2, 0) is 14.6 Å². The third-order valence-electron chi connectivity index (χ3n) is 1.47. The van der Waals surface area contributed by atoms with E-state index in [1.807, 2.05) is 0 Å². The average molecular weight is 163 g/mol. The minimum Gasteiger partial charge on any atom is -0.370 e. The lowest BCUT2D eigenvalue weighted by Gasteiger charge is -2.23. The van der Waals surface area contributed by atoms with Crippen molar-refractivity contribution in [1.82, 2.24) is 0 Å². The molecule has 1 rings (SSSR count). The van der Waals surface area contributed by atoms with Gasteiger partial charge in [0.1, 0.15) is 0 Å². The second-order valence-electron chi connectivity index (χ2n) is 2.61. The Labute approximate surface area is 59.3 Å². The van der Waals surface area contributed by atoms with Crippen LogP contribution in [0.2, 0.25) is 0 Å². The Morgan fingerprint density at radius 3 is 2.30 bits per heavy atom. The van der Waals surface area contributed by atoms with Crippen molar-refractivity contribution in [2.45, 2.75) is 6.42 Å². The first-order chi connectivity index (χ1) is 4.49. The van der Waals surface area contributed by atoms with Crippen LogP contribution in [0.25, 0.3) is 0 Å². The topological polar surface area (TPSA) is 77.2 Å². The highest BCUT2D eigenvalue weighted by Crippen LogP contribution is 2.20. The van der Waals surface area contributed by atoms with E-state index < -0.39 is 15.7 Å². The number of sulfone groups is 1. The Bertz CT molecular complexity index is 232. The van der Waals surface area contributed by atoms with Crippen molar-refractivity contribution in [1.29, 1.82) is 0 Å². The Morgan fingerprint density at radius 1 is 1.50 bits per heavy atom. The first kappa shape index (κ1) is 7.53. The SMILES string of the molecule is NC(=O)CC1CS(=O)(=O)C1. The zero-order valence-electron chi connectivity index (χ0n) is 5.41. The molecule has 0 spiro atoms. The maximum absolute atomic E-state index is 10.5. The highest BCUT2D eigenvalue weighted by atomic mass is 32.2. The van der Waals surface area contributed by atoms with Crippen molar-refractivity contribution in [3.8, 4) is 0 Å². The minimum atomic E-state index is -2.78. The molecule has 0 aliphatic carbocycles. The van der Waals surface area contributed by atoms with E-state index in [-0.39, 0.29) is 23.8 Å². The number of carbonyl (C=O) groups excluding carboxylic acids is 1. The third kappa shape index (κ3) is 1.70. The van der Waals surface area contributed by atoms with Gasteiger partial charge in [0, 0.05) is 6.42 Å². The molecule has 0 aromatic rings. The molecule has 0 aromatic heterocycles. The summed E-state index contributed by atoms with van der Waals surface area (Å²) >= 11 is 0. The predicted octanol–water partition coefficient (Wildman–Crippen LogP) is -1.09. The number of hydrogen-bond donors (Lipinski definition) is 1. The van der Waals surface area contributed by atoms with Crippen molar-refractivity contribution in [2.75, 3.05) is 11.5 Å². The number of amides is 1. The molecule has 1 fully saturated rings. The summed E-state index contributed by atoms with van der Waals surface area (Å²) < 4.78 is 21.1. The Hall–Kier alpha value is -0.580. The van der Waals surface area contributed by atoms with Gasteiger partial charge in [-0.15, -0.1) is 0 Å². The lowest BCUT2D eigenvalue weighted by molar-refractivity contribution is -0.118. The monoisotopic (exact) mass is 163 g/mol. The van der Waals surface area contributed by atoms with Gasteiger partial charge in [-0.2, -0.15) is 0 Å². The van der Waals surface area contributed by atoms with E-state index >= 15 is 0 Å². The van der Waals surface area contributed by atoms with Gasteiger partial charge in [0.15, 0.2) is 9.84 Å².